The number of methoxy groups -OCH3 is 2. The van der Waals surface area contributed by atoms with Gasteiger partial charge in [0.05, 0.1) is 0 Å². The second-order valence-electron chi connectivity index (χ2n) is 3.75. The molecule has 6 nitrogen and oxygen atoms in total. The molecule has 2 N–H and O–H groups in total. The van der Waals surface area contributed by atoms with Crippen LogP contribution in [0.4, 0.5) is 0 Å². The van der Waals surface area contributed by atoms with Crippen molar-refractivity contribution < 1.29 is 19.1 Å². The maximum Gasteiger partial charge on any atom is 0.245 e. The third kappa shape index (κ3) is 8.65. The van der Waals surface area contributed by atoms with Crippen LogP contribution in [0.15, 0.2) is 0 Å². The van der Waals surface area contributed by atoms with Crippen molar-refractivity contribution in [1.82, 2.24) is 10.6 Å². The molecule has 6 heteroatoms. The molecule has 0 spiro atoms. The number of carbonyl (C=O) groups is 2. The molecule has 0 aromatic carbocycles. The predicted octanol–water partition coefficient (Wildman–Crippen LogP) is -0.462. The third-order valence-electron chi connectivity index (χ3n) is 2.30. The van der Waals surface area contributed by atoms with E-state index >= 15 is 0 Å². The Morgan fingerprint density at radius 2 is 1.41 bits per heavy atom. The van der Waals surface area contributed by atoms with Crippen molar-refractivity contribution in [3.8, 4) is 0 Å². The molecular formula is C11H22N2O4. The molecule has 0 aromatic heterocycles. The van der Waals surface area contributed by atoms with Gasteiger partial charge in [0.1, 0.15) is 13.2 Å². The maximum absolute atomic E-state index is 11.2. The fourth-order valence-electron chi connectivity index (χ4n) is 1.24. The topological polar surface area (TPSA) is 76.7 Å². The van der Waals surface area contributed by atoms with Gasteiger partial charge in [-0.15, -0.1) is 0 Å². The highest BCUT2D eigenvalue weighted by molar-refractivity contribution is 5.77. The largest absolute Gasteiger partial charge is 0.375 e. The lowest BCUT2D eigenvalue weighted by Crippen LogP contribution is -2.38. The fraction of sp³-hybridized carbons (Fsp3) is 0.818. The van der Waals surface area contributed by atoms with Crippen molar-refractivity contribution in [2.75, 3.05) is 40.5 Å². The summed E-state index contributed by atoms with van der Waals surface area (Å²) in [4.78, 5) is 22.3. The maximum atomic E-state index is 11.2. The molecular weight excluding hydrogens is 224 g/mol. The van der Waals surface area contributed by atoms with Gasteiger partial charge >= 0.3 is 0 Å². The molecule has 0 saturated heterocycles. The Balaban J connectivity index is 3.76. The number of ether oxygens (including phenoxy) is 2. The van der Waals surface area contributed by atoms with Gasteiger partial charge in [0, 0.05) is 27.3 Å². The molecule has 0 atom stereocenters. The summed E-state index contributed by atoms with van der Waals surface area (Å²) in [5.41, 5.74) is 0. The molecule has 0 bridgehead atoms. The lowest BCUT2D eigenvalue weighted by atomic mass is 10.1. The summed E-state index contributed by atoms with van der Waals surface area (Å²) in [5, 5.41) is 5.49. The van der Waals surface area contributed by atoms with E-state index in [4.69, 9.17) is 9.47 Å². The molecule has 0 heterocycles. The zero-order valence-corrected chi connectivity index (χ0v) is 10.7. The average Bonchev–Trinajstić information content (AvgIpc) is 2.30. The smallest absolute Gasteiger partial charge is 0.245 e. The van der Waals surface area contributed by atoms with Gasteiger partial charge in [0.25, 0.3) is 0 Å². The Morgan fingerprint density at radius 1 is 1.00 bits per heavy atom. The van der Waals surface area contributed by atoms with Crippen molar-refractivity contribution >= 4 is 11.8 Å². The monoisotopic (exact) mass is 246 g/mol. The van der Waals surface area contributed by atoms with Crippen LogP contribution in [0.1, 0.15) is 13.3 Å². The minimum absolute atomic E-state index is 0.0620. The first kappa shape index (κ1) is 15.9. The predicted molar refractivity (Wildman–Crippen MR) is 63.6 cm³/mol. The SMILES string of the molecule is CCC(CNC(=O)COC)CNC(=O)COC. The molecule has 17 heavy (non-hydrogen) atoms. The van der Waals surface area contributed by atoms with E-state index in [2.05, 4.69) is 10.6 Å². The average molecular weight is 246 g/mol. The van der Waals surface area contributed by atoms with E-state index in [0.29, 0.717) is 13.1 Å². The van der Waals surface area contributed by atoms with E-state index in [1.54, 1.807) is 0 Å². The van der Waals surface area contributed by atoms with Crippen LogP contribution in [-0.2, 0) is 19.1 Å². The summed E-state index contributed by atoms with van der Waals surface area (Å²) in [6, 6.07) is 0. The number of carbonyl (C=O) groups excluding carboxylic acids is 2. The quantitative estimate of drug-likeness (QED) is 0.577. The van der Waals surface area contributed by atoms with Gasteiger partial charge in [-0.05, 0) is 12.3 Å². The highest BCUT2D eigenvalue weighted by Gasteiger charge is 2.10. The van der Waals surface area contributed by atoms with Crippen LogP contribution < -0.4 is 10.6 Å². The Bertz CT molecular complexity index is 212. The van der Waals surface area contributed by atoms with E-state index in [1.165, 1.54) is 14.2 Å². The van der Waals surface area contributed by atoms with Crippen LogP contribution in [0.25, 0.3) is 0 Å². The lowest BCUT2D eigenvalue weighted by molar-refractivity contribution is -0.124. The molecule has 2 amide bonds. The molecule has 0 aliphatic carbocycles. The van der Waals surface area contributed by atoms with Crippen LogP contribution in [0.5, 0.6) is 0 Å². The number of nitrogens with one attached hydrogen (secondary N) is 2. The zero-order chi connectivity index (χ0) is 13.1. The highest BCUT2D eigenvalue weighted by Crippen LogP contribution is 1.98. The zero-order valence-electron chi connectivity index (χ0n) is 10.7. The van der Waals surface area contributed by atoms with Crippen molar-refractivity contribution in [3.63, 3.8) is 0 Å². The Labute approximate surface area is 102 Å². The first-order chi connectivity index (χ1) is 8.13. The second-order valence-corrected chi connectivity index (χ2v) is 3.75. The van der Waals surface area contributed by atoms with Crippen molar-refractivity contribution in [2.24, 2.45) is 5.92 Å². The molecule has 100 valence electrons. The van der Waals surface area contributed by atoms with E-state index in [0.717, 1.165) is 6.42 Å². The van der Waals surface area contributed by atoms with E-state index < -0.39 is 0 Å². The number of hydrogen-bond acceptors (Lipinski definition) is 4. The summed E-state index contributed by atoms with van der Waals surface area (Å²) < 4.78 is 9.40. The summed E-state index contributed by atoms with van der Waals surface area (Å²) in [7, 11) is 2.95. The van der Waals surface area contributed by atoms with Crippen LogP contribution in [0, 0.1) is 5.92 Å². The molecule has 0 unspecified atom stereocenters. The standard InChI is InChI=1S/C11H22N2O4/c1-4-9(5-12-10(14)7-16-2)6-13-11(15)8-17-3/h9H,4-8H2,1-3H3,(H,12,14)(H,13,15). The van der Waals surface area contributed by atoms with Gasteiger partial charge in [-0.1, -0.05) is 6.92 Å². The number of rotatable bonds is 9. The summed E-state index contributed by atoms with van der Waals surface area (Å²) in [6.07, 6.45) is 0.876. The van der Waals surface area contributed by atoms with Gasteiger partial charge in [0.2, 0.25) is 11.8 Å². The molecule has 0 aliphatic heterocycles. The Hall–Kier alpha value is -1.14. The number of amides is 2. The minimum atomic E-state index is -0.144. The fourth-order valence-corrected chi connectivity index (χ4v) is 1.24. The Kier molecular flexibility index (Phi) is 9.37. The molecule has 0 aromatic rings. The van der Waals surface area contributed by atoms with E-state index in [-0.39, 0.29) is 30.9 Å². The van der Waals surface area contributed by atoms with Crippen LogP contribution in [-0.4, -0.2) is 52.3 Å². The summed E-state index contributed by atoms with van der Waals surface area (Å²) in [5.74, 6) is -0.0695. The van der Waals surface area contributed by atoms with Gasteiger partial charge in [-0.2, -0.15) is 0 Å². The highest BCUT2D eigenvalue weighted by atomic mass is 16.5. The molecule has 0 radical (unpaired) electrons. The first-order valence-corrected chi connectivity index (χ1v) is 5.65. The number of hydrogen-bond donors (Lipinski definition) is 2. The van der Waals surface area contributed by atoms with Gasteiger partial charge in [0.15, 0.2) is 0 Å². The Morgan fingerprint density at radius 3 is 1.71 bits per heavy atom. The lowest BCUT2D eigenvalue weighted by Gasteiger charge is -2.16. The molecule has 0 rings (SSSR count). The third-order valence-corrected chi connectivity index (χ3v) is 2.30. The van der Waals surface area contributed by atoms with Crippen molar-refractivity contribution in [3.05, 3.63) is 0 Å². The van der Waals surface area contributed by atoms with Crippen LogP contribution >= 0.6 is 0 Å². The van der Waals surface area contributed by atoms with Crippen LogP contribution in [0.2, 0.25) is 0 Å². The first-order valence-electron chi connectivity index (χ1n) is 5.65. The van der Waals surface area contributed by atoms with Gasteiger partial charge in [-0.25, -0.2) is 0 Å². The second kappa shape index (κ2) is 10.0. The van der Waals surface area contributed by atoms with Gasteiger partial charge in [-0.3, -0.25) is 9.59 Å². The van der Waals surface area contributed by atoms with Crippen LogP contribution in [0.3, 0.4) is 0 Å². The normalized spacial score (nSPS) is 10.4. The molecule has 0 aliphatic rings. The van der Waals surface area contributed by atoms with E-state index in [9.17, 15) is 9.59 Å². The van der Waals surface area contributed by atoms with Crippen molar-refractivity contribution in [1.29, 1.82) is 0 Å². The summed E-state index contributed by atoms with van der Waals surface area (Å²) in [6.45, 7) is 3.20. The molecule has 0 saturated carbocycles. The van der Waals surface area contributed by atoms with Crippen molar-refractivity contribution in [2.45, 2.75) is 13.3 Å². The van der Waals surface area contributed by atoms with E-state index in [1.807, 2.05) is 6.92 Å². The molecule has 0 fully saturated rings. The minimum Gasteiger partial charge on any atom is -0.375 e. The summed E-state index contributed by atoms with van der Waals surface area (Å²) >= 11 is 0. The van der Waals surface area contributed by atoms with Gasteiger partial charge < -0.3 is 20.1 Å².